The minimum Gasteiger partial charge on any atom is -0.481 e. The first-order valence-electron chi connectivity index (χ1n) is 8.11. The Morgan fingerprint density at radius 2 is 2.08 bits per heavy atom. The fraction of sp³-hybridized carbons (Fsp3) is 0.211. The fourth-order valence-electron chi connectivity index (χ4n) is 2.32. The van der Waals surface area contributed by atoms with Crippen LogP contribution in [0.1, 0.15) is 18.4 Å². The maximum Gasteiger partial charge on any atom is 0.261 e. The van der Waals surface area contributed by atoms with Crippen LogP contribution in [0, 0.1) is 6.92 Å². The van der Waals surface area contributed by atoms with Gasteiger partial charge in [-0.1, -0.05) is 45.4 Å². The summed E-state index contributed by atoms with van der Waals surface area (Å²) in [6.07, 6.45) is -0.635. The van der Waals surface area contributed by atoms with Gasteiger partial charge in [-0.3, -0.25) is 4.79 Å². The van der Waals surface area contributed by atoms with Gasteiger partial charge in [0.05, 0.1) is 6.54 Å². The molecule has 0 spiro atoms. The first kappa shape index (κ1) is 18.1. The number of benzene rings is 2. The van der Waals surface area contributed by atoms with Crippen molar-refractivity contribution in [3.63, 3.8) is 0 Å². The van der Waals surface area contributed by atoms with Crippen molar-refractivity contribution in [1.29, 1.82) is 0 Å². The molecule has 134 valence electrons. The molecular formula is C19H18BrN3O3. The lowest BCUT2D eigenvalue weighted by Crippen LogP contribution is -2.36. The van der Waals surface area contributed by atoms with E-state index in [9.17, 15) is 4.79 Å². The van der Waals surface area contributed by atoms with Crippen LogP contribution in [0.3, 0.4) is 0 Å². The molecule has 3 aromatic rings. The van der Waals surface area contributed by atoms with Crippen LogP contribution in [0.4, 0.5) is 0 Å². The Balaban J connectivity index is 1.56. The van der Waals surface area contributed by atoms with Gasteiger partial charge in [-0.05, 0) is 43.7 Å². The maximum absolute atomic E-state index is 12.2. The Morgan fingerprint density at radius 1 is 1.27 bits per heavy atom. The van der Waals surface area contributed by atoms with Gasteiger partial charge < -0.3 is 14.6 Å². The third kappa shape index (κ3) is 4.70. The van der Waals surface area contributed by atoms with E-state index in [1.807, 2.05) is 55.5 Å². The van der Waals surface area contributed by atoms with Crippen molar-refractivity contribution in [2.45, 2.75) is 26.5 Å². The molecule has 1 aromatic heterocycles. The molecule has 7 heteroatoms. The zero-order valence-corrected chi connectivity index (χ0v) is 16.0. The van der Waals surface area contributed by atoms with Crippen LogP contribution in [0.5, 0.6) is 5.75 Å². The van der Waals surface area contributed by atoms with Crippen LogP contribution in [0.15, 0.2) is 57.5 Å². The number of carbonyl (C=O) groups excluding carboxylic acids is 1. The molecule has 0 saturated heterocycles. The number of hydrogen-bond donors (Lipinski definition) is 1. The highest BCUT2D eigenvalue weighted by Gasteiger charge is 2.16. The molecule has 0 aliphatic rings. The number of aryl methyl sites for hydroxylation is 1. The van der Waals surface area contributed by atoms with E-state index in [1.54, 1.807) is 6.92 Å². The van der Waals surface area contributed by atoms with Crippen molar-refractivity contribution in [2.75, 3.05) is 0 Å². The second kappa shape index (κ2) is 8.14. The summed E-state index contributed by atoms with van der Waals surface area (Å²) >= 11 is 3.41. The van der Waals surface area contributed by atoms with Gasteiger partial charge in [0, 0.05) is 10.0 Å². The van der Waals surface area contributed by atoms with Crippen molar-refractivity contribution < 1.29 is 14.1 Å². The standard InChI is InChI=1S/C19H18BrN3O3/c1-12-5-3-8-16(9-12)25-13(2)19(24)21-11-17-22-18(23-26-17)14-6-4-7-15(20)10-14/h3-10,13H,11H2,1-2H3,(H,21,24)/t13-/m0/s1. The van der Waals surface area contributed by atoms with E-state index in [1.165, 1.54) is 0 Å². The lowest BCUT2D eigenvalue weighted by atomic mass is 10.2. The summed E-state index contributed by atoms with van der Waals surface area (Å²) in [5.41, 5.74) is 1.90. The molecule has 2 aromatic carbocycles. The lowest BCUT2D eigenvalue weighted by molar-refractivity contribution is -0.127. The predicted octanol–water partition coefficient (Wildman–Crippen LogP) is 3.89. The predicted molar refractivity (Wildman–Crippen MR) is 101 cm³/mol. The smallest absolute Gasteiger partial charge is 0.261 e. The number of hydrogen-bond acceptors (Lipinski definition) is 5. The van der Waals surface area contributed by atoms with E-state index in [-0.39, 0.29) is 12.5 Å². The number of amides is 1. The van der Waals surface area contributed by atoms with Crippen LogP contribution in [-0.4, -0.2) is 22.2 Å². The number of ether oxygens (including phenoxy) is 1. The van der Waals surface area contributed by atoms with E-state index in [2.05, 4.69) is 31.4 Å². The van der Waals surface area contributed by atoms with Gasteiger partial charge in [-0.2, -0.15) is 4.98 Å². The van der Waals surface area contributed by atoms with Gasteiger partial charge in [0.15, 0.2) is 6.10 Å². The summed E-state index contributed by atoms with van der Waals surface area (Å²) in [6.45, 7) is 3.80. The zero-order chi connectivity index (χ0) is 18.5. The third-order valence-electron chi connectivity index (χ3n) is 3.64. The van der Waals surface area contributed by atoms with Gasteiger partial charge in [0.1, 0.15) is 5.75 Å². The molecule has 26 heavy (non-hydrogen) atoms. The molecule has 0 aliphatic heterocycles. The highest BCUT2D eigenvalue weighted by atomic mass is 79.9. The second-order valence-electron chi connectivity index (χ2n) is 5.82. The molecule has 0 fully saturated rings. The number of rotatable bonds is 6. The largest absolute Gasteiger partial charge is 0.481 e. The minimum atomic E-state index is -0.635. The summed E-state index contributed by atoms with van der Waals surface area (Å²) < 4.78 is 11.8. The number of nitrogens with one attached hydrogen (secondary N) is 1. The molecular weight excluding hydrogens is 398 g/mol. The second-order valence-corrected chi connectivity index (χ2v) is 6.73. The van der Waals surface area contributed by atoms with Gasteiger partial charge in [0.25, 0.3) is 5.91 Å². The summed E-state index contributed by atoms with van der Waals surface area (Å²) in [5.74, 6) is 1.20. The van der Waals surface area contributed by atoms with Crippen LogP contribution >= 0.6 is 15.9 Å². The summed E-state index contributed by atoms with van der Waals surface area (Å²) in [7, 11) is 0. The van der Waals surface area contributed by atoms with Crippen molar-refractivity contribution in [1.82, 2.24) is 15.5 Å². The third-order valence-corrected chi connectivity index (χ3v) is 4.13. The van der Waals surface area contributed by atoms with Crippen LogP contribution in [-0.2, 0) is 11.3 Å². The van der Waals surface area contributed by atoms with E-state index < -0.39 is 6.10 Å². The Kier molecular flexibility index (Phi) is 5.68. The quantitative estimate of drug-likeness (QED) is 0.660. The molecule has 3 rings (SSSR count). The van der Waals surface area contributed by atoms with E-state index in [4.69, 9.17) is 9.26 Å². The van der Waals surface area contributed by atoms with E-state index in [0.717, 1.165) is 15.6 Å². The van der Waals surface area contributed by atoms with Gasteiger partial charge >= 0.3 is 0 Å². The topological polar surface area (TPSA) is 77.2 Å². The molecule has 0 saturated carbocycles. The van der Waals surface area contributed by atoms with Crippen molar-refractivity contribution in [2.24, 2.45) is 0 Å². The number of halogens is 1. The Hall–Kier alpha value is -2.67. The number of aromatic nitrogens is 2. The first-order chi connectivity index (χ1) is 12.5. The summed E-state index contributed by atoms with van der Waals surface area (Å²) in [4.78, 5) is 16.5. The van der Waals surface area contributed by atoms with Crippen molar-refractivity contribution in [3.05, 3.63) is 64.5 Å². The fourth-order valence-corrected chi connectivity index (χ4v) is 2.72. The van der Waals surface area contributed by atoms with E-state index >= 15 is 0 Å². The molecule has 6 nitrogen and oxygen atoms in total. The lowest BCUT2D eigenvalue weighted by Gasteiger charge is -2.14. The van der Waals surface area contributed by atoms with Gasteiger partial charge in [0.2, 0.25) is 11.7 Å². The average Bonchev–Trinajstić information content (AvgIpc) is 3.08. The monoisotopic (exact) mass is 415 g/mol. The Morgan fingerprint density at radius 3 is 2.85 bits per heavy atom. The molecule has 1 amide bonds. The molecule has 1 atom stereocenters. The molecule has 0 unspecified atom stereocenters. The SMILES string of the molecule is Cc1cccc(O[C@@H](C)C(=O)NCc2nc(-c3cccc(Br)c3)no2)c1. The average molecular weight is 416 g/mol. The van der Waals surface area contributed by atoms with Crippen LogP contribution in [0.25, 0.3) is 11.4 Å². The zero-order valence-electron chi connectivity index (χ0n) is 14.4. The molecule has 0 aliphatic carbocycles. The highest BCUT2D eigenvalue weighted by Crippen LogP contribution is 2.20. The number of nitrogens with zero attached hydrogens (tertiary/aromatic N) is 2. The summed E-state index contributed by atoms with van der Waals surface area (Å²) in [6, 6.07) is 15.1. The minimum absolute atomic E-state index is 0.140. The van der Waals surface area contributed by atoms with Crippen molar-refractivity contribution in [3.8, 4) is 17.1 Å². The van der Waals surface area contributed by atoms with Gasteiger partial charge in [-0.25, -0.2) is 0 Å². The molecule has 1 heterocycles. The Labute approximate surface area is 159 Å². The number of carbonyl (C=O) groups is 1. The summed E-state index contributed by atoms with van der Waals surface area (Å²) in [5, 5.41) is 6.68. The normalized spacial score (nSPS) is 11.8. The molecule has 0 bridgehead atoms. The molecule has 1 N–H and O–H groups in total. The highest BCUT2D eigenvalue weighted by molar-refractivity contribution is 9.10. The van der Waals surface area contributed by atoms with Crippen LogP contribution in [0.2, 0.25) is 0 Å². The molecule has 0 radical (unpaired) electrons. The Bertz CT molecular complexity index is 910. The first-order valence-corrected chi connectivity index (χ1v) is 8.90. The van der Waals surface area contributed by atoms with Crippen LogP contribution < -0.4 is 10.1 Å². The van der Waals surface area contributed by atoms with Gasteiger partial charge in [-0.15, -0.1) is 0 Å². The van der Waals surface area contributed by atoms with E-state index in [0.29, 0.717) is 17.5 Å². The maximum atomic E-state index is 12.2. The van der Waals surface area contributed by atoms with Crippen molar-refractivity contribution >= 4 is 21.8 Å².